The van der Waals surface area contributed by atoms with Crippen molar-refractivity contribution in [2.75, 3.05) is 19.6 Å². The minimum absolute atomic E-state index is 0.0914. The van der Waals surface area contributed by atoms with Crippen molar-refractivity contribution in [3.8, 4) is 0 Å². The van der Waals surface area contributed by atoms with E-state index in [4.69, 9.17) is 4.99 Å². The number of hydrogen-bond donors (Lipinski definition) is 3. The van der Waals surface area contributed by atoms with Crippen LogP contribution >= 0.6 is 11.3 Å². The molecule has 8 nitrogen and oxygen atoms in total. The lowest BCUT2D eigenvalue weighted by molar-refractivity contribution is 0.0957. The number of benzene rings is 1. The normalized spacial score (nSPS) is 11.3. The average Bonchev–Trinajstić information content (AvgIpc) is 3.41. The standard InChI is InChI=1S/C21H27N7OS/c1-3-22-21(24-11-10-23-20(29)19-16(2)26-15-30-19)25-13-17-7-4-5-8-18(17)14-28-12-6-9-27-28/h4-9,12,15H,3,10-11,13-14H2,1-2H3,(H,23,29)(H2,22,24,25). The highest BCUT2D eigenvalue weighted by Crippen LogP contribution is 2.12. The zero-order valence-electron chi connectivity index (χ0n) is 17.3. The number of nitrogens with zero attached hydrogens (tertiary/aromatic N) is 4. The molecular weight excluding hydrogens is 398 g/mol. The average molecular weight is 426 g/mol. The van der Waals surface area contributed by atoms with Gasteiger partial charge in [0.15, 0.2) is 5.96 Å². The Morgan fingerprint density at radius 1 is 1.13 bits per heavy atom. The van der Waals surface area contributed by atoms with Crippen LogP contribution in [0.15, 0.2) is 53.2 Å². The highest BCUT2D eigenvalue weighted by atomic mass is 32.1. The summed E-state index contributed by atoms with van der Waals surface area (Å²) < 4.78 is 1.90. The van der Waals surface area contributed by atoms with E-state index in [0.717, 1.165) is 23.8 Å². The topological polar surface area (TPSA) is 96.2 Å². The summed E-state index contributed by atoms with van der Waals surface area (Å²) in [5, 5.41) is 13.7. The summed E-state index contributed by atoms with van der Waals surface area (Å²) in [7, 11) is 0. The van der Waals surface area contributed by atoms with Crippen LogP contribution in [0.5, 0.6) is 0 Å². The summed E-state index contributed by atoms with van der Waals surface area (Å²) in [6, 6.07) is 10.2. The van der Waals surface area contributed by atoms with Crippen molar-refractivity contribution < 1.29 is 4.79 Å². The second-order valence-electron chi connectivity index (χ2n) is 6.62. The Kier molecular flexibility index (Phi) is 7.96. The van der Waals surface area contributed by atoms with Gasteiger partial charge in [-0.2, -0.15) is 5.10 Å². The number of nitrogens with one attached hydrogen (secondary N) is 3. The van der Waals surface area contributed by atoms with Crippen molar-refractivity contribution in [1.82, 2.24) is 30.7 Å². The van der Waals surface area contributed by atoms with Gasteiger partial charge in [-0.3, -0.25) is 9.48 Å². The van der Waals surface area contributed by atoms with Crippen molar-refractivity contribution in [2.24, 2.45) is 4.99 Å². The molecule has 0 unspecified atom stereocenters. The molecule has 158 valence electrons. The third kappa shape index (κ3) is 6.15. The fourth-order valence-electron chi connectivity index (χ4n) is 2.90. The third-order valence-corrected chi connectivity index (χ3v) is 5.34. The summed E-state index contributed by atoms with van der Waals surface area (Å²) in [6.45, 7) is 6.96. The Labute approximate surface area is 180 Å². The number of carbonyl (C=O) groups is 1. The van der Waals surface area contributed by atoms with Gasteiger partial charge in [0.05, 0.1) is 24.3 Å². The first kappa shape index (κ1) is 21.5. The second kappa shape index (κ2) is 11.1. The van der Waals surface area contributed by atoms with E-state index in [1.54, 1.807) is 11.7 Å². The molecule has 0 aliphatic carbocycles. The zero-order valence-corrected chi connectivity index (χ0v) is 18.1. The molecule has 3 rings (SSSR count). The van der Waals surface area contributed by atoms with E-state index in [-0.39, 0.29) is 5.91 Å². The van der Waals surface area contributed by atoms with Gasteiger partial charge in [0.25, 0.3) is 5.91 Å². The molecular formula is C21H27N7OS. The molecule has 3 aromatic rings. The van der Waals surface area contributed by atoms with Crippen LogP contribution in [-0.4, -0.2) is 46.3 Å². The van der Waals surface area contributed by atoms with Crippen LogP contribution in [0.25, 0.3) is 0 Å². The Bertz CT molecular complexity index is 965. The van der Waals surface area contributed by atoms with Gasteiger partial charge >= 0.3 is 0 Å². The van der Waals surface area contributed by atoms with Crippen LogP contribution in [0.1, 0.15) is 33.4 Å². The van der Waals surface area contributed by atoms with Gasteiger partial charge in [-0.1, -0.05) is 24.3 Å². The maximum Gasteiger partial charge on any atom is 0.263 e. The monoisotopic (exact) mass is 425 g/mol. The Balaban J connectivity index is 1.53. The van der Waals surface area contributed by atoms with Gasteiger partial charge in [0.2, 0.25) is 0 Å². The molecule has 30 heavy (non-hydrogen) atoms. The van der Waals surface area contributed by atoms with Crippen LogP contribution in [0, 0.1) is 6.92 Å². The predicted molar refractivity (Wildman–Crippen MR) is 120 cm³/mol. The number of amides is 1. The molecule has 0 spiro atoms. The molecule has 0 aliphatic heterocycles. The number of hydrogen-bond acceptors (Lipinski definition) is 5. The minimum Gasteiger partial charge on any atom is -0.357 e. The van der Waals surface area contributed by atoms with Crippen molar-refractivity contribution in [3.63, 3.8) is 0 Å². The second-order valence-corrected chi connectivity index (χ2v) is 7.47. The van der Waals surface area contributed by atoms with Gasteiger partial charge in [-0.15, -0.1) is 11.3 Å². The SMILES string of the molecule is CCNC(=NCc1ccccc1Cn1cccn1)NCCNC(=O)c1scnc1C. The fourth-order valence-corrected chi connectivity index (χ4v) is 3.62. The van der Waals surface area contributed by atoms with Crippen LogP contribution in [-0.2, 0) is 13.1 Å². The van der Waals surface area contributed by atoms with E-state index in [2.05, 4.69) is 38.2 Å². The molecule has 0 bridgehead atoms. The summed E-state index contributed by atoms with van der Waals surface area (Å²) in [4.78, 5) is 21.6. The lowest BCUT2D eigenvalue weighted by atomic mass is 10.1. The number of rotatable bonds is 9. The number of carbonyl (C=O) groups excluding carboxylic acids is 1. The quantitative estimate of drug-likeness (QED) is 0.277. The Morgan fingerprint density at radius 2 is 1.93 bits per heavy atom. The van der Waals surface area contributed by atoms with Crippen molar-refractivity contribution in [3.05, 3.63) is 69.9 Å². The maximum atomic E-state index is 12.2. The Morgan fingerprint density at radius 3 is 2.63 bits per heavy atom. The number of thiazole rings is 1. The van der Waals surface area contributed by atoms with Crippen molar-refractivity contribution >= 4 is 23.2 Å². The van der Waals surface area contributed by atoms with E-state index in [0.29, 0.717) is 31.1 Å². The van der Waals surface area contributed by atoms with Gasteiger partial charge < -0.3 is 16.0 Å². The van der Waals surface area contributed by atoms with E-state index >= 15 is 0 Å². The molecule has 0 aliphatic rings. The van der Waals surface area contributed by atoms with Crippen LogP contribution in [0.3, 0.4) is 0 Å². The van der Waals surface area contributed by atoms with Gasteiger partial charge in [-0.25, -0.2) is 9.98 Å². The van der Waals surface area contributed by atoms with Crippen LogP contribution in [0.4, 0.5) is 0 Å². The van der Waals surface area contributed by atoms with Crippen LogP contribution < -0.4 is 16.0 Å². The van der Waals surface area contributed by atoms with E-state index in [9.17, 15) is 4.79 Å². The molecule has 0 atom stereocenters. The summed E-state index contributed by atoms with van der Waals surface area (Å²) in [5.74, 6) is 0.626. The van der Waals surface area contributed by atoms with Crippen LogP contribution in [0.2, 0.25) is 0 Å². The number of guanidine groups is 1. The summed E-state index contributed by atoms with van der Waals surface area (Å²) >= 11 is 1.35. The largest absolute Gasteiger partial charge is 0.357 e. The fraction of sp³-hybridized carbons (Fsp3) is 0.333. The predicted octanol–water partition coefficient (Wildman–Crippen LogP) is 2.18. The number of aliphatic imine (C=N–C) groups is 1. The molecule has 1 aromatic carbocycles. The third-order valence-electron chi connectivity index (χ3n) is 4.42. The summed E-state index contributed by atoms with van der Waals surface area (Å²) in [5.41, 5.74) is 4.78. The molecule has 0 saturated heterocycles. The first-order valence-electron chi connectivity index (χ1n) is 9.92. The molecule has 3 N–H and O–H groups in total. The van der Waals surface area contributed by atoms with Crippen molar-refractivity contribution in [2.45, 2.75) is 26.9 Å². The van der Waals surface area contributed by atoms with Gasteiger partial charge in [-0.05, 0) is 31.0 Å². The van der Waals surface area contributed by atoms with Gasteiger partial charge in [0, 0.05) is 32.0 Å². The minimum atomic E-state index is -0.0914. The zero-order chi connectivity index (χ0) is 21.2. The smallest absolute Gasteiger partial charge is 0.263 e. The molecule has 9 heteroatoms. The highest BCUT2D eigenvalue weighted by molar-refractivity contribution is 7.11. The number of aryl methyl sites for hydroxylation is 1. The first-order valence-corrected chi connectivity index (χ1v) is 10.8. The van der Waals surface area contributed by atoms with Gasteiger partial charge in [0.1, 0.15) is 4.88 Å². The molecule has 0 fully saturated rings. The van der Waals surface area contributed by atoms with E-state index in [1.807, 2.05) is 42.9 Å². The number of aromatic nitrogens is 3. The highest BCUT2D eigenvalue weighted by Gasteiger charge is 2.10. The molecule has 2 heterocycles. The maximum absolute atomic E-state index is 12.2. The molecule has 1 amide bonds. The molecule has 2 aromatic heterocycles. The lowest BCUT2D eigenvalue weighted by Gasteiger charge is -2.13. The lowest BCUT2D eigenvalue weighted by Crippen LogP contribution is -2.41. The van der Waals surface area contributed by atoms with E-state index in [1.165, 1.54) is 16.9 Å². The summed E-state index contributed by atoms with van der Waals surface area (Å²) in [6.07, 6.45) is 3.73. The first-order chi connectivity index (χ1) is 14.7. The van der Waals surface area contributed by atoms with E-state index < -0.39 is 0 Å². The molecule has 0 radical (unpaired) electrons. The molecule has 0 saturated carbocycles. The Hall–Kier alpha value is -3.20. The van der Waals surface area contributed by atoms with Crippen molar-refractivity contribution in [1.29, 1.82) is 0 Å².